The molecular weight excluding hydrogens is 564 g/mol. The van der Waals surface area contributed by atoms with Gasteiger partial charge >= 0.3 is 6.18 Å². The Morgan fingerprint density at radius 1 is 1.17 bits per heavy atom. The first kappa shape index (κ1) is 26.5. The molecule has 190 valence electrons. The Kier molecular flexibility index (Phi) is 7.44. The van der Waals surface area contributed by atoms with Gasteiger partial charge in [-0.15, -0.1) is 11.3 Å². The minimum atomic E-state index is -4.88. The average Bonchev–Trinajstić information content (AvgIpc) is 3.54. The molecule has 0 bridgehead atoms. The zero-order chi connectivity index (χ0) is 26.3. The van der Waals surface area contributed by atoms with Gasteiger partial charge in [0.25, 0.3) is 11.5 Å². The predicted octanol–water partition coefficient (Wildman–Crippen LogP) is 5.15. The largest absolute Gasteiger partial charge is 0.435 e. The average molecular weight is 580 g/mol. The zero-order valence-electron chi connectivity index (χ0n) is 18.2. The molecule has 2 aromatic rings. The smallest absolute Gasteiger partial charge is 0.374 e. The summed E-state index contributed by atoms with van der Waals surface area (Å²) in [6, 6.07) is 3.86. The maximum Gasteiger partial charge on any atom is 0.435 e. The molecule has 0 saturated heterocycles. The van der Waals surface area contributed by atoms with Gasteiger partial charge < -0.3 is 15.5 Å². The normalized spacial score (nSPS) is 18.8. The third kappa shape index (κ3) is 4.75. The summed E-state index contributed by atoms with van der Waals surface area (Å²) in [5.74, 6) is -1.07. The lowest BCUT2D eigenvalue weighted by molar-refractivity contribution is -0.275. The maximum atomic E-state index is 14.4. The van der Waals surface area contributed by atoms with Crippen LogP contribution >= 0.6 is 46.1 Å². The number of thiophene rings is 1. The van der Waals surface area contributed by atoms with Crippen molar-refractivity contribution in [1.29, 1.82) is 5.26 Å². The van der Waals surface area contributed by atoms with Crippen molar-refractivity contribution in [2.45, 2.75) is 37.5 Å². The molecule has 0 saturated carbocycles. The van der Waals surface area contributed by atoms with E-state index >= 15 is 0 Å². The Morgan fingerprint density at radius 3 is 2.47 bits per heavy atom. The molecule has 1 aliphatic heterocycles. The highest BCUT2D eigenvalue weighted by Crippen LogP contribution is 2.51. The second-order valence-corrected chi connectivity index (χ2v) is 10.3. The number of oxime groups is 1. The quantitative estimate of drug-likeness (QED) is 0.365. The monoisotopic (exact) mass is 578 g/mol. The lowest BCUT2D eigenvalue weighted by Crippen LogP contribution is -2.42. The number of rotatable bonds is 6. The molecular formula is C22H16Cl3F3N4O3S. The molecule has 4 rings (SSSR count). The lowest BCUT2D eigenvalue weighted by Gasteiger charge is -2.29. The van der Waals surface area contributed by atoms with Crippen LogP contribution in [0.4, 0.5) is 13.2 Å². The van der Waals surface area contributed by atoms with E-state index in [0.29, 0.717) is 22.6 Å². The summed E-state index contributed by atoms with van der Waals surface area (Å²) in [5, 5.41) is 16.7. The summed E-state index contributed by atoms with van der Waals surface area (Å²) in [6.45, 7) is -0.542. The van der Waals surface area contributed by atoms with Gasteiger partial charge in [0.15, 0.2) is 0 Å². The number of nitriles is 1. The van der Waals surface area contributed by atoms with Gasteiger partial charge in [0.05, 0.1) is 43.9 Å². The molecule has 1 aromatic heterocycles. The number of carbonyl (C=O) groups is 2. The summed E-state index contributed by atoms with van der Waals surface area (Å²) < 4.78 is 43.2. The van der Waals surface area contributed by atoms with Crippen LogP contribution in [0.3, 0.4) is 0 Å². The fourth-order valence-electron chi connectivity index (χ4n) is 4.14. The third-order valence-electron chi connectivity index (χ3n) is 5.85. The number of hydrogen-bond donors (Lipinski definition) is 2. The minimum Gasteiger partial charge on any atom is -0.374 e. The van der Waals surface area contributed by atoms with E-state index < -0.39 is 30.0 Å². The van der Waals surface area contributed by atoms with Gasteiger partial charge in [-0.25, -0.2) is 0 Å². The van der Waals surface area contributed by atoms with Crippen LogP contribution in [0.5, 0.6) is 0 Å². The van der Waals surface area contributed by atoms with Crippen LogP contribution in [-0.4, -0.2) is 36.8 Å². The number of alkyl halides is 3. The summed E-state index contributed by atoms with van der Waals surface area (Å²) in [7, 11) is 0. The van der Waals surface area contributed by atoms with Crippen molar-refractivity contribution < 1.29 is 27.6 Å². The number of nitrogens with zero attached hydrogens (tertiary/aromatic N) is 2. The van der Waals surface area contributed by atoms with Crippen LogP contribution in [0, 0.1) is 11.3 Å². The highest BCUT2D eigenvalue weighted by molar-refractivity contribution is 7.16. The molecule has 2 amide bonds. The fraction of sp³-hybridized carbons (Fsp3) is 0.364. The Morgan fingerprint density at radius 2 is 1.83 bits per heavy atom. The molecule has 1 atom stereocenters. The second-order valence-electron chi connectivity index (χ2n) is 8.07. The number of fused-ring (bicyclic) bond motifs is 1. The Balaban J connectivity index is 1.64. The SMILES string of the molecule is N#CCNC(=O)CNC(=O)c1sc(C2=NOC(c3cc(Cl)c(Cl)c(Cl)c3)(C(F)(F)F)C2)c2c1CCC2. The summed E-state index contributed by atoms with van der Waals surface area (Å²) in [4.78, 5) is 30.3. The van der Waals surface area contributed by atoms with Gasteiger partial charge in [-0.1, -0.05) is 40.0 Å². The maximum absolute atomic E-state index is 14.4. The van der Waals surface area contributed by atoms with Gasteiger partial charge in [0.2, 0.25) is 5.91 Å². The van der Waals surface area contributed by atoms with Gasteiger partial charge in [-0.05, 0) is 42.5 Å². The molecule has 0 radical (unpaired) electrons. The van der Waals surface area contributed by atoms with E-state index in [1.54, 1.807) is 6.07 Å². The number of carbonyl (C=O) groups excluding carboxylic acids is 2. The van der Waals surface area contributed by atoms with Gasteiger partial charge in [-0.3, -0.25) is 9.59 Å². The van der Waals surface area contributed by atoms with E-state index in [1.807, 2.05) is 0 Å². The van der Waals surface area contributed by atoms with Crippen LogP contribution in [0.25, 0.3) is 0 Å². The molecule has 7 nitrogen and oxygen atoms in total. The third-order valence-corrected chi connectivity index (χ3v) is 8.37. The molecule has 1 aromatic carbocycles. The number of amides is 2. The van der Waals surface area contributed by atoms with Gasteiger partial charge in [0, 0.05) is 5.56 Å². The van der Waals surface area contributed by atoms with Crippen molar-refractivity contribution in [2.24, 2.45) is 5.16 Å². The highest BCUT2D eigenvalue weighted by atomic mass is 35.5. The number of halogens is 6. The second kappa shape index (κ2) is 10.1. The lowest BCUT2D eigenvalue weighted by atomic mass is 9.87. The van der Waals surface area contributed by atoms with Crippen LogP contribution in [-0.2, 0) is 28.1 Å². The van der Waals surface area contributed by atoms with E-state index in [1.165, 1.54) is 0 Å². The highest BCUT2D eigenvalue weighted by Gasteiger charge is 2.63. The Hall–Kier alpha value is -2.52. The van der Waals surface area contributed by atoms with E-state index in [9.17, 15) is 22.8 Å². The van der Waals surface area contributed by atoms with Crippen molar-refractivity contribution in [3.05, 3.63) is 53.6 Å². The molecule has 36 heavy (non-hydrogen) atoms. The molecule has 2 N–H and O–H groups in total. The Bertz CT molecular complexity index is 1300. The first-order valence-corrected chi connectivity index (χ1v) is 12.5. The van der Waals surface area contributed by atoms with Crippen LogP contribution < -0.4 is 10.6 Å². The summed E-state index contributed by atoms with van der Waals surface area (Å²) >= 11 is 18.9. The van der Waals surface area contributed by atoms with Crippen molar-refractivity contribution in [3.8, 4) is 6.07 Å². The number of hydrogen-bond acceptors (Lipinski definition) is 6. The van der Waals surface area contributed by atoms with Crippen molar-refractivity contribution in [3.63, 3.8) is 0 Å². The molecule has 0 fully saturated rings. The summed E-state index contributed by atoms with van der Waals surface area (Å²) in [6.07, 6.45) is -3.69. The van der Waals surface area contributed by atoms with Crippen molar-refractivity contribution in [2.75, 3.05) is 13.1 Å². The van der Waals surface area contributed by atoms with Crippen molar-refractivity contribution in [1.82, 2.24) is 10.6 Å². The first-order valence-electron chi connectivity index (χ1n) is 10.5. The molecule has 1 unspecified atom stereocenters. The topological polar surface area (TPSA) is 104 Å². The van der Waals surface area contributed by atoms with Crippen LogP contribution in [0.2, 0.25) is 15.1 Å². The molecule has 1 aliphatic carbocycles. The Labute approximate surface area is 222 Å². The van der Waals surface area contributed by atoms with Crippen LogP contribution in [0.1, 0.15) is 44.1 Å². The fourth-order valence-corrected chi connectivity index (χ4v) is 6.03. The van der Waals surface area contributed by atoms with E-state index in [2.05, 4.69) is 15.8 Å². The minimum absolute atomic E-state index is 0.0449. The van der Waals surface area contributed by atoms with Crippen LogP contribution in [0.15, 0.2) is 17.3 Å². The zero-order valence-corrected chi connectivity index (χ0v) is 21.3. The van der Waals surface area contributed by atoms with Crippen molar-refractivity contribution >= 4 is 63.7 Å². The summed E-state index contributed by atoms with van der Waals surface area (Å²) in [5.41, 5.74) is -1.68. The van der Waals surface area contributed by atoms with Gasteiger partial charge in [0.1, 0.15) is 12.3 Å². The molecule has 2 heterocycles. The van der Waals surface area contributed by atoms with E-state index in [0.717, 1.165) is 41.0 Å². The van der Waals surface area contributed by atoms with E-state index in [4.69, 9.17) is 44.9 Å². The van der Waals surface area contributed by atoms with Gasteiger partial charge in [-0.2, -0.15) is 18.4 Å². The predicted molar refractivity (Wildman–Crippen MR) is 129 cm³/mol. The number of benzene rings is 1. The standard InChI is InChI=1S/C22H16Cl3F3N4O3S/c23-13-6-10(7-14(24)17(13)25)21(22(26,27)28)8-15(32-35-21)18-11-2-1-3-12(11)19(36-18)20(34)31-9-16(33)30-5-4-29/h6-7H,1-3,5,8-9H2,(H,30,33)(H,31,34). The molecule has 14 heteroatoms. The van der Waals surface area contributed by atoms with E-state index in [-0.39, 0.29) is 39.4 Å². The number of nitrogens with one attached hydrogen (secondary N) is 2. The first-order chi connectivity index (χ1) is 17.0. The molecule has 0 spiro atoms. The molecule has 2 aliphatic rings.